The molecule has 7 nitrogen and oxygen atoms in total. The van der Waals surface area contributed by atoms with E-state index in [1.54, 1.807) is 15.6 Å². The molecule has 2 aliphatic heterocycles. The van der Waals surface area contributed by atoms with E-state index in [2.05, 4.69) is 5.10 Å². The molecule has 1 saturated heterocycles. The van der Waals surface area contributed by atoms with Crippen LogP contribution in [0.3, 0.4) is 0 Å². The third kappa shape index (κ3) is 3.22. The monoisotopic (exact) mass is 341 g/mol. The van der Waals surface area contributed by atoms with Crippen molar-refractivity contribution in [2.24, 2.45) is 5.41 Å². The van der Waals surface area contributed by atoms with E-state index in [0.29, 0.717) is 18.2 Å². The highest BCUT2D eigenvalue weighted by molar-refractivity contribution is 7.91. The molecule has 23 heavy (non-hydrogen) atoms. The van der Waals surface area contributed by atoms with Crippen LogP contribution in [0, 0.1) is 5.41 Å². The quantitative estimate of drug-likeness (QED) is 0.760. The summed E-state index contributed by atoms with van der Waals surface area (Å²) in [5, 5.41) is 4.33. The van der Waals surface area contributed by atoms with Crippen LogP contribution in [0.5, 0.6) is 5.88 Å². The molecule has 2 aliphatic rings. The van der Waals surface area contributed by atoms with Crippen molar-refractivity contribution in [1.29, 1.82) is 0 Å². The van der Waals surface area contributed by atoms with Crippen LogP contribution in [0.1, 0.15) is 37.7 Å². The topological polar surface area (TPSA) is 81.5 Å². The Morgan fingerprint density at radius 2 is 2.09 bits per heavy atom. The fourth-order valence-corrected chi connectivity index (χ4v) is 4.89. The maximum absolute atomic E-state index is 12.9. The summed E-state index contributed by atoms with van der Waals surface area (Å²) in [6.07, 6.45) is 0.870. The van der Waals surface area contributed by atoms with Gasteiger partial charge in [-0.2, -0.15) is 5.10 Å². The smallest absolute Gasteiger partial charge is 0.274 e. The zero-order valence-electron chi connectivity index (χ0n) is 13.8. The van der Waals surface area contributed by atoms with Crippen molar-refractivity contribution in [2.75, 3.05) is 24.7 Å². The fraction of sp³-hybridized carbons (Fsp3) is 0.733. The molecule has 1 unspecified atom stereocenters. The van der Waals surface area contributed by atoms with E-state index in [1.165, 1.54) is 0 Å². The average molecular weight is 341 g/mol. The van der Waals surface area contributed by atoms with Crippen molar-refractivity contribution in [1.82, 2.24) is 14.7 Å². The summed E-state index contributed by atoms with van der Waals surface area (Å²) in [7, 11) is -3.11. The van der Waals surface area contributed by atoms with Crippen LogP contribution in [0.2, 0.25) is 0 Å². The van der Waals surface area contributed by atoms with Crippen LogP contribution in [-0.2, 0) is 16.4 Å². The molecule has 1 amide bonds. The summed E-state index contributed by atoms with van der Waals surface area (Å²) in [4.78, 5) is 14.5. The average Bonchev–Trinajstić information content (AvgIpc) is 2.88. The lowest BCUT2D eigenvalue weighted by Gasteiger charge is -2.42. The van der Waals surface area contributed by atoms with Crippen molar-refractivity contribution in [3.8, 4) is 5.88 Å². The van der Waals surface area contributed by atoms with Crippen molar-refractivity contribution < 1.29 is 17.9 Å². The number of carbonyl (C=O) groups excluding carboxylic acids is 1. The molecule has 0 spiro atoms. The van der Waals surface area contributed by atoms with Gasteiger partial charge in [0.25, 0.3) is 5.91 Å². The molecule has 0 N–H and O–H groups in total. The van der Waals surface area contributed by atoms with Gasteiger partial charge in [-0.05, 0) is 5.41 Å². The molecule has 1 aromatic rings. The third-order valence-electron chi connectivity index (χ3n) is 4.42. The van der Waals surface area contributed by atoms with E-state index < -0.39 is 9.84 Å². The minimum absolute atomic E-state index is 0.00626. The van der Waals surface area contributed by atoms with Crippen LogP contribution < -0.4 is 4.74 Å². The molecular weight excluding hydrogens is 318 g/mol. The first-order valence-electron chi connectivity index (χ1n) is 7.89. The van der Waals surface area contributed by atoms with Crippen LogP contribution in [-0.4, -0.2) is 59.7 Å². The first-order valence-corrected chi connectivity index (χ1v) is 9.71. The molecule has 0 aliphatic carbocycles. The van der Waals surface area contributed by atoms with Crippen LogP contribution >= 0.6 is 0 Å². The number of aryl methyl sites for hydroxylation is 1. The molecule has 8 heteroatoms. The molecule has 0 bridgehead atoms. The highest BCUT2D eigenvalue weighted by atomic mass is 32.2. The Morgan fingerprint density at radius 1 is 1.35 bits per heavy atom. The van der Waals surface area contributed by atoms with Gasteiger partial charge in [-0.3, -0.25) is 4.79 Å². The lowest BCUT2D eigenvalue weighted by atomic mass is 9.86. The predicted octanol–water partition coefficient (Wildman–Crippen LogP) is 0.951. The van der Waals surface area contributed by atoms with Crippen molar-refractivity contribution in [2.45, 2.75) is 39.8 Å². The summed E-state index contributed by atoms with van der Waals surface area (Å²) in [6, 6.07) is 1.30. The van der Waals surface area contributed by atoms with Gasteiger partial charge in [0, 0.05) is 25.6 Å². The van der Waals surface area contributed by atoms with Gasteiger partial charge in [-0.15, -0.1) is 0 Å². The Morgan fingerprint density at radius 3 is 2.74 bits per heavy atom. The lowest BCUT2D eigenvalue weighted by molar-refractivity contribution is 0.0555. The van der Waals surface area contributed by atoms with Crippen LogP contribution in [0.15, 0.2) is 6.07 Å². The summed E-state index contributed by atoms with van der Waals surface area (Å²) >= 11 is 0. The SMILES string of the molecule is CC(C)(C)C1CS(=O)(=O)CCN1C(=O)c1cc2n(n1)CCCO2. The van der Waals surface area contributed by atoms with E-state index in [1.807, 2.05) is 20.8 Å². The summed E-state index contributed by atoms with van der Waals surface area (Å²) in [5.41, 5.74) is 0.00868. The lowest BCUT2D eigenvalue weighted by Crippen LogP contribution is -2.56. The first-order chi connectivity index (χ1) is 10.7. The fourth-order valence-electron chi connectivity index (χ4n) is 3.09. The predicted molar refractivity (Wildman–Crippen MR) is 85.3 cm³/mol. The number of rotatable bonds is 1. The molecule has 3 heterocycles. The normalized spacial score (nSPS) is 24.0. The number of aromatic nitrogens is 2. The Balaban J connectivity index is 1.89. The van der Waals surface area contributed by atoms with E-state index in [-0.39, 0.29) is 35.4 Å². The Kier molecular flexibility index (Phi) is 3.90. The highest BCUT2D eigenvalue weighted by Gasteiger charge is 2.41. The van der Waals surface area contributed by atoms with Crippen molar-refractivity contribution in [3.05, 3.63) is 11.8 Å². The standard InChI is InChI=1S/C15H23N3O4S/c1-15(2,3)12-10-23(20,21)8-6-17(12)14(19)11-9-13-18(16-11)5-4-7-22-13/h9,12H,4-8,10H2,1-3H3. The van der Waals surface area contributed by atoms with Gasteiger partial charge in [0.05, 0.1) is 24.2 Å². The maximum Gasteiger partial charge on any atom is 0.274 e. The molecular formula is C15H23N3O4S. The Hall–Kier alpha value is -1.57. The number of nitrogens with zero attached hydrogens (tertiary/aromatic N) is 3. The second-order valence-electron chi connectivity index (χ2n) is 7.29. The second kappa shape index (κ2) is 5.51. The van der Waals surface area contributed by atoms with Gasteiger partial charge < -0.3 is 9.64 Å². The molecule has 3 rings (SSSR count). The van der Waals surface area contributed by atoms with Gasteiger partial charge in [0.1, 0.15) is 0 Å². The number of sulfone groups is 1. The molecule has 0 radical (unpaired) electrons. The summed E-state index contributed by atoms with van der Waals surface area (Å²) in [5.74, 6) is 0.406. The first kappa shape index (κ1) is 16.3. The number of hydrogen-bond acceptors (Lipinski definition) is 5. The number of ether oxygens (including phenoxy) is 1. The molecule has 1 atom stereocenters. The molecule has 1 fully saturated rings. The summed E-state index contributed by atoms with van der Waals surface area (Å²) in [6.45, 7) is 7.46. The molecule has 0 saturated carbocycles. The third-order valence-corrected chi connectivity index (χ3v) is 6.05. The maximum atomic E-state index is 12.9. The zero-order valence-corrected chi connectivity index (χ0v) is 14.6. The highest BCUT2D eigenvalue weighted by Crippen LogP contribution is 2.30. The second-order valence-corrected chi connectivity index (χ2v) is 9.52. The van der Waals surface area contributed by atoms with Crippen LogP contribution in [0.25, 0.3) is 0 Å². The Bertz CT molecular complexity index is 694. The van der Waals surface area contributed by atoms with Gasteiger partial charge in [0.15, 0.2) is 15.5 Å². The molecule has 0 aromatic carbocycles. The molecule has 128 valence electrons. The van der Waals surface area contributed by atoms with E-state index in [9.17, 15) is 13.2 Å². The Labute approximate surface area is 136 Å². The zero-order chi connectivity index (χ0) is 16.8. The van der Waals surface area contributed by atoms with Gasteiger partial charge in [0.2, 0.25) is 5.88 Å². The van der Waals surface area contributed by atoms with Gasteiger partial charge in [-0.25, -0.2) is 13.1 Å². The van der Waals surface area contributed by atoms with E-state index in [4.69, 9.17) is 4.74 Å². The van der Waals surface area contributed by atoms with Gasteiger partial charge in [-0.1, -0.05) is 20.8 Å². The van der Waals surface area contributed by atoms with Crippen molar-refractivity contribution in [3.63, 3.8) is 0 Å². The number of hydrogen-bond donors (Lipinski definition) is 0. The van der Waals surface area contributed by atoms with Gasteiger partial charge >= 0.3 is 0 Å². The number of carbonyl (C=O) groups is 1. The van der Waals surface area contributed by atoms with E-state index >= 15 is 0 Å². The number of amides is 1. The minimum Gasteiger partial charge on any atom is -0.478 e. The summed E-state index contributed by atoms with van der Waals surface area (Å²) < 4.78 is 31.2. The minimum atomic E-state index is -3.11. The van der Waals surface area contributed by atoms with E-state index in [0.717, 1.165) is 13.0 Å². The molecule has 1 aromatic heterocycles. The number of fused-ring (bicyclic) bond motifs is 1. The van der Waals surface area contributed by atoms with Crippen LogP contribution in [0.4, 0.5) is 0 Å². The largest absolute Gasteiger partial charge is 0.478 e. The van der Waals surface area contributed by atoms with Crippen molar-refractivity contribution >= 4 is 15.7 Å².